The van der Waals surface area contributed by atoms with Crippen molar-refractivity contribution >= 4 is 5.91 Å². The number of amides is 1. The van der Waals surface area contributed by atoms with Gasteiger partial charge in [-0.3, -0.25) is 14.9 Å². The van der Waals surface area contributed by atoms with Gasteiger partial charge in [0.1, 0.15) is 0 Å². The first kappa shape index (κ1) is 12.8. The Labute approximate surface area is 82.8 Å². The molecule has 0 saturated heterocycles. The van der Waals surface area contributed by atoms with E-state index in [0.717, 1.165) is 0 Å². The van der Waals surface area contributed by atoms with Crippen LogP contribution in [0.5, 0.6) is 0 Å². The number of ether oxygens (including phenoxy) is 1. The van der Waals surface area contributed by atoms with Crippen LogP contribution >= 0.6 is 0 Å². The number of carbonyl (C=O) groups is 1. The van der Waals surface area contributed by atoms with Crippen LogP contribution in [0.3, 0.4) is 0 Å². The van der Waals surface area contributed by atoms with Crippen molar-refractivity contribution in [1.82, 2.24) is 5.32 Å². The number of carbonyl (C=O) groups excluding carboxylic acids is 1. The van der Waals surface area contributed by atoms with Gasteiger partial charge in [0, 0.05) is 18.1 Å². The quantitative estimate of drug-likeness (QED) is 0.364. The average Bonchev–Trinajstić information content (AvgIpc) is 2.01. The van der Waals surface area contributed by atoms with Crippen LogP contribution in [-0.2, 0) is 9.53 Å². The maximum Gasteiger partial charge on any atom is 0.291 e. The smallest absolute Gasteiger partial charge is 0.291 e. The van der Waals surface area contributed by atoms with Crippen LogP contribution in [0.15, 0.2) is 0 Å². The predicted molar refractivity (Wildman–Crippen MR) is 50.6 cm³/mol. The van der Waals surface area contributed by atoms with E-state index in [1.54, 1.807) is 0 Å². The normalized spacial score (nSPS) is 10.2. The van der Waals surface area contributed by atoms with Gasteiger partial charge in [-0.1, -0.05) is 0 Å². The number of hydrogen-bond donors (Lipinski definition) is 1. The third-order valence-electron chi connectivity index (χ3n) is 1.37. The number of nitrogens with one attached hydrogen (secondary N) is 1. The molecule has 82 valence electrons. The minimum atomic E-state index is -0.662. The van der Waals surface area contributed by atoms with E-state index in [2.05, 4.69) is 5.32 Å². The fourth-order valence-electron chi connectivity index (χ4n) is 0.792. The lowest BCUT2D eigenvalue weighted by Gasteiger charge is -2.06. The predicted octanol–water partition coefficient (Wildman–Crippen LogP) is 0.194. The van der Waals surface area contributed by atoms with E-state index in [-0.39, 0.29) is 6.10 Å². The van der Waals surface area contributed by atoms with Gasteiger partial charge in [-0.15, -0.1) is 0 Å². The molecule has 0 aromatic heterocycles. The Morgan fingerprint density at radius 3 is 2.71 bits per heavy atom. The Morgan fingerprint density at radius 1 is 1.57 bits per heavy atom. The topological polar surface area (TPSA) is 81.5 Å². The molecule has 0 radical (unpaired) electrons. The fourth-order valence-corrected chi connectivity index (χ4v) is 0.792. The zero-order chi connectivity index (χ0) is 11.0. The lowest BCUT2D eigenvalue weighted by atomic mass is 10.4. The van der Waals surface area contributed by atoms with Gasteiger partial charge in [-0.2, -0.15) is 0 Å². The van der Waals surface area contributed by atoms with Gasteiger partial charge >= 0.3 is 0 Å². The second-order valence-corrected chi connectivity index (χ2v) is 3.11. The van der Waals surface area contributed by atoms with Crippen molar-refractivity contribution in [3.05, 3.63) is 10.1 Å². The molecule has 0 spiro atoms. The average molecular weight is 204 g/mol. The molecule has 0 aliphatic rings. The molecule has 0 atom stereocenters. The molecular formula is C8H16N2O4. The van der Waals surface area contributed by atoms with E-state index < -0.39 is 17.4 Å². The molecule has 0 aromatic rings. The molecule has 0 rings (SSSR count). The Kier molecular flexibility index (Phi) is 6.65. The molecule has 0 aromatic carbocycles. The molecule has 6 nitrogen and oxygen atoms in total. The van der Waals surface area contributed by atoms with Gasteiger partial charge in [0.25, 0.3) is 12.5 Å². The van der Waals surface area contributed by atoms with E-state index >= 15 is 0 Å². The first-order chi connectivity index (χ1) is 6.52. The minimum absolute atomic E-state index is 0.171. The summed E-state index contributed by atoms with van der Waals surface area (Å²) in [5, 5.41) is 12.3. The summed E-state index contributed by atoms with van der Waals surface area (Å²) in [7, 11) is 0. The largest absolute Gasteiger partial charge is 0.379 e. The molecule has 0 bridgehead atoms. The highest BCUT2D eigenvalue weighted by Gasteiger charge is 2.07. The number of hydrogen-bond acceptors (Lipinski definition) is 4. The lowest BCUT2D eigenvalue weighted by molar-refractivity contribution is -0.467. The Balaban J connectivity index is 3.27. The number of nitrogens with zero attached hydrogens (tertiary/aromatic N) is 1. The van der Waals surface area contributed by atoms with Crippen LogP contribution in [0.1, 0.15) is 20.3 Å². The third kappa shape index (κ3) is 8.92. The van der Waals surface area contributed by atoms with Gasteiger partial charge in [0.05, 0.1) is 6.10 Å². The van der Waals surface area contributed by atoms with E-state index in [1.807, 2.05) is 13.8 Å². The SMILES string of the molecule is CC(C)OCCCNC(=O)C[N+](=O)[O-]. The van der Waals surface area contributed by atoms with Crippen molar-refractivity contribution in [3.8, 4) is 0 Å². The summed E-state index contributed by atoms with van der Waals surface area (Å²) in [5.41, 5.74) is 0. The van der Waals surface area contributed by atoms with E-state index in [4.69, 9.17) is 4.74 Å². The summed E-state index contributed by atoms with van der Waals surface area (Å²) in [6, 6.07) is 0. The van der Waals surface area contributed by atoms with Crippen LogP contribution in [0.4, 0.5) is 0 Å². The van der Waals surface area contributed by atoms with Gasteiger partial charge < -0.3 is 10.1 Å². The highest BCUT2D eigenvalue weighted by Crippen LogP contribution is 1.88. The monoisotopic (exact) mass is 204 g/mol. The molecule has 1 N–H and O–H groups in total. The van der Waals surface area contributed by atoms with Gasteiger partial charge in [-0.25, -0.2) is 0 Å². The van der Waals surface area contributed by atoms with Gasteiger partial charge in [-0.05, 0) is 20.3 Å². The third-order valence-corrected chi connectivity index (χ3v) is 1.37. The maximum absolute atomic E-state index is 10.8. The lowest BCUT2D eigenvalue weighted by Crippen LogP contribution is -2.31. The van der Waals surface area contributed by atoms with Gasteiger partial charge in [0.2, 0.25) is 0 Å². The Hall–Kier alpha value is -1.17. The summed E-state index contributed by atoms with van der Waals surface area (Å²) in [6.07, 6.45) is 0.839. The fraction of sp³-hybridized carbons (Fsp3) is 0.875. The summed E-state index contributed by atoms with van der Waals surface area (Å²) in [5.74, 6) is -0.556. The molecule has 1 amide bonds. The molecule has 0 aliphatic carbocycles. The molecular weight excluding hydrogens is 188 g/mol. The molecule has 0 saturated carbocycles. The summed E-state index contributed by atoms with van der Waals surface area (Å²) >= 11 is 0. The molecule has 14 heavy (non-hydrogen) atoms. The van der Waals surface area contributed by atoms with Crippen LogP contribution in [-0.4, -0.2) is 36.6 Å². The van der Waals surface area contributed by atoms with E-state index in [9.17, 15) is 14.9 Å². The standard InChI is InChI=1S/C8H16N2O4/c1-7(2)14-5-3-4-9-8(11)6-10(12)13/h7H,3-6H2,1-2H3,(H,9,11). The highest BCUT2D eigenvalue weighted by molar-refractivity contribution is 5.76. The molecule has 6 heteroatoms. The second-order valence-electron chi connectivity index (χ2n) is 3.11. The van der Waals surface area contributed by atoms with E-state index in [0.29, 0.717) is 19.6 Å². The van der Waals surface area contributed by atoms with Crippen LogP contribution in [0.25, 0.3) is 0 Å². The first-order valence-electron chi connectivity index (χ1n) is 4.52. The Morgan fingerprint density at radius 2 is 2.21 bits per heavy atom. The van der Waals surface area contributed by atoms with Gasteiger partial charge in [0.15, 0.2) is 0 Å². The summed E-state index contributed by atoms with van der Waals surface area (Å²) in [4.78, 5) is 20.0. The van der Waals surface area contributed by atoms with Crippen LogP contribution in [0, 0.1) is 10.1 Å². The molecule has 0 fully saturated rings. The van der Waals surface area contributed by atoms with Crippen LogP contribution in [0.2, 0.25) is 0 Å². The van der Waals surface area contributed by atoms with Crippen molar-refractivity contribution in [3.63, 3.8) is 0 Å². The molecule has 0 heterocycles. The van der Waals surface area contributed by atoms with Crippen molar-refractivity contribution in [1.29, 1.82) is 0 Å². The van der Waals surface area contributed by atoms with Crippen molar-refractivity contribution in [2.45, 2.75) is 26.4 Å². The second kappa shape index (κ2) is 7.25. The van der Waals surface area contributed by atoms with Crippen molar-refractivity contribution < 1.29 is 14.5 Å². The number of rotatable bonds is 7. The number of nitro groups is 1. The first-order valence-corrected chi connectivity index (χ1v) is 4.52. The van der Waals surface area contributed by atoms with Crippen LogP contribution < -0.4 is 5.32 Å². The van der Waals surface area contributed by atoms with E-state index in [1.165, 1.54) is 0 Å². The van der Waals surface area contributed by atoms with Crippen molar-refractivity contribution in [2.24, 2.45) is 0 Å². The summed E-state index contributed by atoms with van der Waals surface area (Å²) in [6.45, 7) is 4.15. The highest BCUT2D eigenvalue weighted by atomic mass is 16.6. The molecule has 0 aliphatic heterocycles. The maximum atomic E-state index is 10.8. The summed E-state index contributed by atoms with van der Waals surface area (Å²) < 4.78 is 5.22. The minimum Gasteiger partial charge on any atom is -0.379 e. The zero-order valence-electron chi connectivity index (χ0n) is 8.49. The van der Waals surface area contributed by atoms with Crippen molar-refractivity contribution in [2.75, 3.05) is 19.7 Å². The zero-order valence-corrected chi connectivity index (χ0v) is 8.49. The molecule has 0 unspecified atom stereocenters. The Bertz CT molecular complexity index is 194.